The molecule has 6 nitrogen and oxygen atoms in total. The summed E-state index contributed by atoms with van der Waals surface area (Å²) in [7, 11) is 0. The van der Waals surface area contributed by atoms with E-state index in [0.29, 0.717) is 28.8 Å². The van der Waals surface area contributed by atoms with Gasteiger partial charge in [0.25, 0.3) is 0 Å². The Balaban J connectivity index is 2.29. The molecule has 2 aromatic heterocycles. The first-order valence-electron chi connectivity index (χ1n) is 7.95. The number of aromatic carboxylic acids is 1. The maximum absolute atomic E-state index is 12.4. The molecule has 0 radical (unpaired) electrons. The Morgan fingerprint density at radius 2 is 1.80 bits per heavy atom. The molecule has 0 saturated heterocycles. The molecule has 0 amide bonds. The van der Waals surface area contributed by atoms with Crippen molar-refractivity contribution in [1.82, 2.24) is 4.57 Å². The van der Waals surface area contributed by atoms with E-state index in [2.05, 4.69) is 0 Å². The standard InChI is InChI=1S/C19H18N2O4/c1-4-20-10-16(19(23)24)18(22)15-6-5-13(9-17(15)20)14-7-11(2)21(25)12(3)8-14/h5-10H,4H2,1-3H3,(H,23,24). The molecule has 0 aliphatic carbocycles. The highest BCUT2D eigenvalue weighted by atomic mass is 16.5. The maximum Gasteiger partial charge on any atom is 0.341 e. The number of carbonyl (C=O) groups is 1. The molecule has 0 aliphatic heterocycles. The third-order valence-electron chi connectivity index (χ3n) is 4.36. The Kier molecular flexibility index (Phi) is 4.04. The fraction of sp³-hybridized carbons (Fsp3) is 0.211. The molecule has 128 valence electrons. The lowest BCUT2D eigenvalue weighted by Gasteiger charge is -2.12. The summed E-state index contributed by atoms with van der Waals surface area (Å²) in [6, 6.07) is 8.87. The third kappa shape index (κ3) is 2.76. The van der Waals surface area contributed by atoms with E-state index < -0.39 is 11.4 Å². The van der Waals surface area contributed by atoms with E-state index in [1.165, 1.54) is 6.20 Å². The molecule has 2 heterocycles. The van der Waals surface area contributed by atoms with E-state index >= 15 is 0 Å². The monoisotopic (exact) mass is 338 g/mol. The van der Waals surface area contributed by atoms with Gasteiger partial charge in [-0.3, -0.25) is 4.79 Å². The Bertz CT molecular complexity index is 1040. The van der Waals surface area contributed by atoms with Gasteiger partial charge in [0.2, 0.25) is 5.43 Å². The van der Waals surface area contributed by atoms with Crippen LogP contribution in [0, 0.1) is 19.1 Å². The lowest BCUT2D eigenvalue weighted by Crippen LogP contribution is -2.33. The van der Waals surface area contributed by atoms with Crippen LogP contribution in [0.15, 0.2) is 41.3 Å². The first-order chi connectivity index (χ1) is 11.8. The van der Waals surface area contributed by atoms with Crippen molar-refractivity contribution in [3.05, 3.63) is 68.9 Å². The van der Waals surface area contributed by atoms with E-state index in [9.17, 15) is 19.9 Å². The van der Waals surface area contributed by atoms with Gasteiger partial charge >= 0.3 is 5.97 Å². The lowest BCUT2D eigenvalue weighted by molar-refractivity contribution is -0.619. The molecule has 3 rings (SSSR count). The van der Waals surface area contributed by atoms with Crippen molar-refractivity contribution in [2.24, 2.45) is 0 Å². The summed E-state index contributed by atoms with van der Waals surface area (Å²) in [5.74, 6) is -1.23. The van der Waals surface area contributed by atoms with Crippen LogP contribution in [0.1, 0.15) is 28.7 Å². The summed E-state index contributed by atoms with van der Waals surface area (Å²) in [5, 5.41) is 21.4. The van der Waals surface area contributed by atoms with Crippen LogP contribution in [-0.4, -0.2) is 15.6 Å². The zero-order chi connectivity index (χ0) is 18.3. The van der Waals surface area contributed by atoms with Crippen LogP contribution in [0.2, 0.25) is 0 Å². The van der Waals surface area contributed by atoms with E-state index in [4.69, 9.17) is 0 Å². The van der Waals surface area contributed by atoms with E-state index in [1.807, 2.05) is 13.0 Å². The number of nitrogens with zero attached hydrogens (tertiary/aromatic N) is 2. The second-order valence-electron chi connectivity index (χ2n) is 6.02. The fourth-order valence-corrected chi connectivity index (χ4v) is 3.04. The van der Waals surface area contributed by atoms with Crippen LogP contribution >= 0.6 is 0 Å². The molecule has 1 N–H and O–H groups in total. The fourth-order valence-electron chi connectivity index (χ4n) is 3.04. The minimum absolute atomic E-state index is 0.235. The number of hydrogen-bond acceptors (Lipinski definition) is 3. The second-order valence-corrected chi connectivity index (χ2v) is 6.02. The summed E-state index contributed by atoms with van der Waals surface area (Å²) in [4.78, 5) is 23.7. The zero-order valence-corrected chi connectivity index (χ0v) is 14.2. The van der Waals surface area contributed by atoms with Crippen molar-refractivity contribution >= 4 is 16.9 Å². The summed E-state index contributed by atoms with van der Waals surface area (Å²) in [6.07, 6.45) is 1.38. The molecule has 6 heteroatoms. The number of carboxylic acids is 1. The number of benzene rings is 1. The average Bonchev–Trinajstić information content (AvgIpc) is 2.59. The quantitative estimate of drug-likeness (QED) is 0.587. The molecular weight excluding hydrogens is 320 g/mol. The van der Waals surface area contributed by atoms with Crippen molar-refractivity contribution in [3.8, 4) is 11.1 Å². The van der Waals surface area contributed by atoms with Gasteiger partial charge in [-0.2, -0.15) is 4.73 Å². The van der Waals surface area contributed by atoms with Crippen LogP contribution in [0.4, 0.5) is 0 Å². The Morgan fingerprint density at radius 1 is 1.16 bits per heavy atom. The molecule has 25 heavy (non-hydrogen) atoms. The zero-order valence-electron chi connectivity index (χ0n) is 14.2. The number of hydrogen-bond donors (Lipinski definition) is 1. The topological polar surface area (TPSA) is 86.2 Å². The van der Waals surface area contributed by atoms with Gasteiger partial charge in [0.15, 0.2) is 11.4 Å². The van der Waals surface area contributed by atoms with E-state index in [0.717, 1.165) is 15.9 Å². The highest BCUT2D eigenvalue weighted by Crippen LogP contribution is 2.24. The lowest BCUT2D eigenvalue weighted by atomic mass is 10.0. The van der Waals surface area contributed by atoms with Crippen molar-refractivity contribution in [2.45, 2.75) is 27.3 Å². The van der Waals surface area contributed by atoms with E-state index in [1.54, 1.807) is 42.7 Å². The molecule has 0 bridgehead atoms. The molecule has 1 aromatic carbocycles. The van der Waals surface area contributed by atoms with Gasteiger partial charge in [0.1, 0.15) is 5.56 Å². The van der Waals surface area contributed by atoms with Gasteiger partial charge in [-0.1, -0.05) is 6.07 Å². The van der Waals surface area contributed by atoms with Gasteiger partial charge < -0.3 is 14.9 Å². The van der Waals surface area contributed by atoms with Gasteiger partial charge in [0.05, 0.1) is 5.52 Å². The third-order valence-corrected chi connectivity index (χ3v) is 4.36. The molecular formula is C19H18N2O4. The summed E-state index contributed by atoms with van der Waals surface area (Å²) < 4.78 is 2.62. The number of aryl methyl sites for hydroxylation is 3. The predicted molar refractivity (Wildman–Crippen MR) is 94.7 cm³/mol. The number of aromatic nitrogens is 2. The van der Waals surface area contributed by atoms with Gasteiger partial charge in [-0.05, 0) is 30.2 Å². The highest BCUT2D eigenvalue weighted by Gasteiger charge is 2.15. The first-order valence-corrected chi connectivity index (χ1v) is 7.95. The van der Waals surface area contributed by atoms with Crippen LogP contribution in [-0.2, 0) is 6.54 Å². The minimum atomic E-state index is -1.23. The minimum Gasteiger partial charge on any atom is -0.618 e. The maximum atomic E-state index is 12.4. The van der Waals surface area contributed by atoms with Gasteiger partial charge in [0, 0.05) is 44.1 Å². The summed E-state index contributed by atoms with van der Waals surface area (Å²) >= 11 is 0. The average molecular weight is 338 g/mol. The highest BCUT2D eigenvalue weighted by molar-refractivity contribution is 5.93. The summed E-state index contributed by atoms with van der Waals surface area (Å²) in [5.41, 5.74) is 2.86. The molecule has 0 aliphatic rings. The van der Waals surface area contributed by atoms with Gasteiger partial charge in [-0.15, -0.1) is 0 Å². The van der Waals surface area contributed by atoms with Gasteiger partial charge in [-0.25, -0.2) is 4.79 Å². The van der Waals surface area contributed by atoms with Crippen LogP contribution in [0.3, 0.4) is 0 Å². The smallest absolute Gasteiger partial charge is 0.341 e. The normalized spacial score (nSPS) is 11.0. The second kappa shape index (κ2) is 6.05. The summed E-state index contributed by atoms with van der Waals surface area (Å²) in [6.45, 7) is 5.91. The van der Waals surface area contributed by atoms with E-state index in [-0.39, 0.29) is 5.56 Å². The predicted octanol–water partition coefficient (Wildman–Crippen LogP) is 2.64. The van der Waals surface area contributed by atoms with Crippen molar-refractivity contribution in [1.29, 1.82) is 0 Å². The van der Waals surface area contributed by atoms with Crippen molar-refractivity contribution < 1.29 is 14.6 Å². The van der Waals surface area contributed by atoms with Crippen LogP contribution in [0.5, 0.6) is 0 Å². The largest absolute Gasteiger partial charge is 0.618 e. The molecule has 0 atom stereocenters. The Hall–Kier alpha value is -3.15. The Morgan fingerprint density at radius 3 is 2.36 bits per heavy atom. The van der Waals surface area contributed by atoms with Crippen molar-refractivity contribution in [3.63, 3.8) is 0 Å². The molecule has 0 spiro atoms. The number of rotatable bonds is 3. The molecule has 0 saturated carbocycles. The molecule has 0 fully saturated rings. The Labute approximate surface area is 144 Å². The SMILES string of the molecule is CCn1cc(C(=O)O)c(=O)c2ccc(-c3cc(C)[n+]([O-])c(C)c3)cc21. The van der Waals surface area contributed by atoms with Crippen molar-refractivity contribution in [2.75, 3.05) is 0 Å². The molecule has 3 aromatic rings. The van der Waals surface area contributed by atoms with Crippen LogP contribution < -0.4 is 10.2 Å². The van der Waals surface area contributed by atoms with Crippen LogP contribution in [0.25, 0.3) is 22.0 Å². The first kappa shape index (κ1) is 16.7. The molecule has 0 unspecified atom stereocenters. The number of fused-ring (bicyclic) bond motifs is 1. The number of pyridine rings is 2. The number of carboxylic acid groups (broad SMARTS) is 1.